The zero-order valence-corrected chi connectivity index (χ0v) is 13.0. The van der Waals surface area contributed by atoms with E-state index in [2.05, 4.69) is 41.6 Å². The molecule has 2 aromatic rings. The normalized spacial score (nSPS) is 11.2. The third-order valence-electron chi connectivity index (χ3n) is 2.32. The number of rotatable bonds is 5. The van der Waals surface area contributed by atoms with Crippen LogP contribution < -0.4 is 5.43 Å². The third-order valence-corrected chi connectivity index (χ3v) is 3.57. The molecular weight excluding hydrogens is 340 g/mol. The smallest absolute Gasteiger partial charge is 0.240 e. The first-order chi connectivity index (χ1) is 9.69. The lowest BCUT2D eigenvalue weighted by Crippen LogP contribution is -2.00. The van der Waals surface area contributed by atoms with Gasteiger partial charge in [0.25, 0.3) is 0 Å². The Morgan fingerprint density at radius 2 is 2.25 bits per heavy atom. The van der Waals surface area contributed by atoms with Crippen LogP contribution in [-0.2, 0) is 0 Å². The minimum Gasteiger partial charge on any atom is -0.245 e. The number of anilines is 1. The van der Waals surface area contributed by atoms with Gasteiger partial charge in [0.1, 0.15) is 0 Å². The minimum atomic E-state index is 0.318. The second kappa shape index (κ2) is 7.07. The van der Waals surface area contributed by atoms with Gasteiger partial charge in [0.15, 0.2) is 0 Å². The molecule has 0 unspecified atom stereocenters. The van der Waals surface area contributed by atoms with Gasteiger partial charge in [0.05, 0.1) is 17.5 Å². The van der Waals surface area contributed by atoms with Gasteiger partial charge in [0.2, 0.25) is 11.1 Å². The highest BCUT2D eigenvalue weighted by Gasteiger charge is 2.03. The number of halogens is 1. The van der Waals surface area contributed by atoms with Crippen LogP contribution in [0.5, 0.6) is 0 Å². The number of benzene rings is 1. The molecule has 1 aromatic heterocycles. The number of nitriles is 1. The van der Waals surface area contributed by atoms with E-state index in [-0.39, 0.29) is 0 Å². The number of hydrogen-bond acceptors (Lipinski definition) is 6. The summed E-state index contributed by atoms with van der Waals surface area (Å²) in [4.78, 5) is 4.15. The topological polar surface area (TPSA) is 89.8 Å². The van der Waals surface area contributed by atoms with Gasteiger partial charge < -0.3 is 0 Å². The molecule has 0 bridgehead atoms. The van der Waals surface area contributed by atoms with E-state index in [0.717, 1.165) is 15.7 Å². The van der Waals surface area contributed by atoms with Gasteiger partial charge in [-0.2, -0.15) is 15.3 Å². The molecule has 8 heteroatoms. The van der Waals surface area contributed by atoms with Gasteiger partial charge in [0, 0.05) is 4.47 Å². The van der Waals surface area contributed by atoms with Crippen LogP contribution in [-0.4, -0.2) is 26.6 Å². The predicted molar refractivity (Wildman–Crippen MR) is 82.7 cm³/mol. The van der Waals surface area contributed by atoms with Crippen molar-refractivity contribution in [2.24, 2.45) is 5.10 Å². The van der Waals surface area contributed by atoms with Gasteiger partial charge in [-0.25, -0.2) is 10.5 Å². The Morgan fingerprint density at radius 3 is 2.95 bits per heavy atom. The van der Waals surface area contributed by atoms with E-state index in [1.165, 1.54) is 11.8 Å². The number of aromatic nitrogens is 3. The Kier molecular flexibility index (Phi) is 5.15. The summed E-state index contributed by atoms with van der Waals surface area (Å²) in [7, 11) is 0. The van der Waals surface area contributed by atoms with Gasteiger partial charge in [-0.05, 0) is 24.6 Å². The highest BCUT2D eigenvalue weighted by atomic mass is 79.9. The fourth-order valence-electron chi connectivity index (χ4n) is 1.35. The van der Waals surface area contributed by atoms with Crippen molar-refractivity contribution in [2.75, 3.05) is 11.2 Å². The Bertz CT molecular complexity index is 643. The van der Waals surface area contributed by atoms with Gasteiger partial charge in [-0.3, -0.25) is 0 Å². The summed E-state index contributed by atoms with van der Waals surface area (Å²) in [6, 6.07) is 9.88. The van der Waals surface area contributed by atoms with Crippen molar-refractivity contribution < 1.29 is 0 Å². The van der Waals surface area contributed by atoms with Gasteiger partial charge in [-0.1, -0.05) is 39.8 Å². The largest absolute Gasteiger partial charge is 0.245 e. The average molecular weight is 351 g/mol. The Morgan fingerprint density at radius 1 is 1.50 bits per heavy atom. The fraction of sp³-hybridized carbons (Fsp3) is 0.167. The molecule has 20 heavy (non-hydrogen) atoms. The quantitative estimate of drug-likeness (QED) is 0.491. The molecule has 0 amide bonds. The van der Waals surface area contributed by atoms with Crippen LogP contribution in [0.3, 0.4) is 0 Å². The van der Waals surface area contributed by atoms with Crippen LogP contribution in [0.4, 0.5) is 5.95 Å². The summed E-state index contributed by atoms with van der Waals surface area (Å²) >= 11 is 4.65. The predicted octanol–water partition coefficient (Wildman–Crippen LogP) is 3.02. The lowest BCUT2D eigenvalue weighted by atomic mass is 10.1. The number of nitrogens with one attached hydrogen (secondary N) is 2. The molecular formula is C12H11BrN6S. The molecule has 2 N–H and O–H groups in total. The van der Waals surface area contributed by atoms with Crippen molar-refractivity contribution >= 4 is 39.4 Å². The van der Waals surface area contributed by atoms with E-state index in [1.807, 2.05) is 37.3 Å². The summed E-state index contributed by atoms with van der Waals surface area (Å²) in [5.74, 6) is 0.764. The van der Waals surface area contributed by atoms with Crippen molar-refractivity contribution in [3.63, 3.8) is 0 Å². The second-order valence-electron chi connectivity index (χ2n) is 3.73. The number of aromatic amines is 1. The number of hydrazone groups is 1. The van der Waals surface area contributed by atoms with Crippen LogP contribution in [0.2, 0.25) is 0 Å². The number of H-pyrrole nitrogens is 1. The maximum atomic E-state index is 8.48. The Labute approximate surface area is 128 Å². The van der Waals surface area contributed by atoms with E-state index >= 15 is 0 Å². The molecule has 102 valence electrons. The summed E-state index contributed by atoms with van der Waals surface area (Å²) < 4.78 is 1.02. The highest BCUT2D eigenvalue weighted by molar-refractivity contribution is 9.10. The van der Waals surface area contributed by atoms with Crippen molar-refractivity contribution in [1.29, 1.82) is 5.26 Å². The number of hydrogen-bond donors (Lipinski definition) is 2. The van der Waals surface area contributed by atoms with Crippen LogP contribution in [0.25, 0.3) is 0 Å². The molecule has 1 aromatic carbocycles. The van der Waals surface area contributed by atoms with Crippen LogP contribution in [0.1, 0.15) is 12.5 Å². The van der Waals surface area contributed by atoms with E-state index in [1.54, 1.807) is 0 Å². The molecule has 6 nitrogen and oxygen atoms in total. The third kappa shape index (κ3) is 4.08. The van der Waals surface area contributed by atoms with Gasteiger partial charge in [-0.15, -0.1) is 5.10 Å². The molecule has 0 aliphatic heterocycles. The summed E-state index contributed by atoms with van der Waals surface area (Å²) in [5, 5.41) is 19.9. The molecule has 0 aliphatic carbocycles. The Balaban J connectivity index is 1.99. The van der Waals surface area contributed by atoms with Crippen molar-refractivity contribution in [2.45, 2.75) is 12.1 Å². The summed E-state index contributed by atoms with van der Waals surface area (Å²) in [5.41, 5.74) is 4.65. The van der Waals surface area contributed by atoms with Crippen molar-refractivity contribution in [3.8, 4) is 6.07 Å². The summed E-state index contributed by atoms with van der Waals surface area (Å²) in [6.07, 6.45) is 0. The average Bonchev–Trinajstić information content (AvgIpc) is 2.91. The SMILES string of the molecule is C/C(=N\Nc1nc(SCC#N)n[nH]1)c1ccc(Br)cc1. The zero-order valence-electron chi connectivity index (χ0n) is 10.6. The van der Waals surface area contributed by atoms with Crippen molar-refractivity contribution in [1.82, 2.24) is 15.2 Å². The standard InChI is InChI=1S/C12H11BrN6S/c1-8(9-2-4-10(13)5-3-9)16-17-11-15-12(19-18-11)20-7-6-14/h2-5H,7H2,1H3,(H2,15,17,18,19)/b16-8+. The molecule has 1 heterocycles. The lowest BCUT2D eigenvalue weighted by Gasteiger charge is -2.01. The molecule has 0 atom stereocenters. The molecule has 2 rings (SSSR count). The maximum absolute atomic E-state index is 8.48. The van der Waals surface area contributed by atoms with Crippen LogP contribution in [0, 0.1) is 11.3 Å². The second-order valence-corrected chi connectivity index (χ2v) is 5.59. The Hall–Kier alpha value is -1.85. The fourth-order valence-corrected chi connectivity index (χ4v) is 2.07. The first kappa shape index (κ1) is 14.6. The first-order valence-electron chi connectivity index (χ1n) is 5.67. The molecule has 0 saturated heterocycles. The summed E-state index contributed by atoms with van der Waals surface area (Å²) in [6.45, 7) is 1.90. The monoisotopic (exact) mass is 350 g/mol. The number of nitrogens with zero attached hydrogens (tertiary/aromatic N) is 4. The number of thioether (sulfide) groups is 1. The van der Waals surface area contributed by atoms with Crippen molar-refractivity contribution in [3.05, 3.63) is 34.3 Å². The van der Waals surface area contributed by atoms with E-state index in [0.29, 0.717) is 16.9 Å². The molecule has 0 spiro atoms. The molecule has 0 fully saturated rings. The first-order valence-corrected chi connectivity index (χ1v) is 7.45. The van der Waals surface area contributed by atoms with E-state index in [9.17, 15) is 0 Å². The van der Waals surface area contributed by atoms with E-state index < -0.39 is 0 Å². The minimum absolute atomic E-state index is 0.318. The molecule has 0 radical (unpaired) electrons. The zero-order chi connectivity index (χ0) is 14.4. The van der Waals surface area contributed by atoms with E-state index in [4.69, 9.17) is 5.26 Å². The molecule has 0 saturated carbocycles. The molecule has 0 aliphatic rings. The van der Waals surface area contributed by atoms with Crippen LogP contribution in [0.15, 0.2) is 39.0 Å². The van der Waals surface area contributed by atoms with Crippen LogP contribution >= 0.6 is 27.7 Å². The highest BCUT2D eigenvalue weighted by Crippen LogP contribution is 2.14. The lowest BCUT2D eigenvalue weighted by molar-refractivity contribution is 0.974. The van der Waals surface area contributed by atoms with Gasteiger partial charge >= 0.3 is 0 Å². The maximum Gasteiger partial charge on any atom is 0.240 e.